The van der Waals surface area contributed by atoms with Crippen molar-refractivity contribution in [2.45, 2.75) is 32.5 Å². The van der Waals surface area contributed by atoms with Gasteiger partial charge in [-0.25, -0.2) is 4.98 Å². The number of aromatic nitrogens is 2. The summed E-state index contributed by atoms with van der Waals surface area (Å²) in [6.45, 7) is 2.08. The number of halogens is 3. The zero-order valence-electron chi connectivity index (χ0n) is 9.42. The normalized spacial score (nSPS) is 11.5. The average molecular weight is 249 g/mol. The highest BCUT2D eigenvalue weighted by atomic mass is 19.4. The SMILES string of the molecule is CCCn1ccnc(NCCC(F)(F)F)c1=O. The van der Waals surface area contributed by atoms with Crippen LogP contribution in [0.1, 0.15) is 19.8 Å². The highest BCUT2D eigenvalue weighted by molar-refractivity contribution is 5.30. The van der Waals surface area contributed by atoms with E-state index in [9.17, 15) is 18.0 Å². The molecule has 0 amide bonds. The third kappa shape index (κ3) is 4.46. The number of hydrogen-bond acceptors (Lipinski definition) is 3. The third-order valence-electron chi connectivity index (χ3n) is 2.08. The Bertz CT molecular complexity index is 414. The van der Waals surface area contributed by atoms with Gasteiger partial charge in [0, 0.05) is 25.5 Å². The maximum atomic E-state index is 11.9. The predicted octanol–water partition coefficient (Wildman–Crippen LogP) is 2.02. The summed E-state index contributed by atoms with van der Waals surface area (Å²) in [5.41, 5.74) is -0.392. The Morgan fingerprint density at radius 2 is 2.18 bits per heavy atom. The zero-order chi connectivity index (χ0) is 12.9. The highest BCUT2D eigenvalue weighted by Gasteiger charge is 2.26. The van der Waals surface area contributed by atoms with Gasteiger partial charge in [-0.15, -0.1) is 0 Å². The van der Waals surface area contributed by atoms with E-state index in [2.05, 4.69) is 10.3 Å². The molecule has 0 atom stereocenters. The first-order valence-corrected chi connectivity index (χ1v) is 5.30. The Kier molecular flexibility index (Phi) is 4.53. The maximum absolute atomic E-state index is 11.9. The van der Waals surface area contributed by atoms with Crippen molar-refractivity contribution in [2.24, 2.45) is 0 Å². The molecule has 1 rings (SSSR count). The fourth-order valence-electron chi connectivity index (χ4n) is 1.31. The lowest BCUT2D eigenvalue weighted by atomic mass is 10.4. The minimum absolute atomic E-state index is 0.0369. The van der Waals surface area contributed by atoms with Crippen molar-refractivity contribution in [1.29, 1.82) is 0 Å². The van der Waals surface area contributed by atoms with Crippen LogP contribution in [0.25, 0.3) is 0 Å². The molecule has 0 fully saturated rings. The van der Waals surface area contributed by atoms with E-state index in [4.69, 9.17) is 0 Å². The smallest absolute Gasteiger partial charge is 0.365 e. The monoisotopic (exact) mass is 249 g/mol. The van der Waals surface area contributed by atoms with Gasteiger partial charge < -0.3 is 9.88 Å². The summed E-state index contributed by atoms with van der Waals surface area (Å²) in [5.74, 6) is -0.0369. The van der Waals surface area contributed by atoms with Gasteiger partial charge in [-0.05, 0) is 6.42 Å². The number of anilines is 1. The molecule has 0 saturated heterocycles. The Morgan fingerprint density at radius 3 is 2.76 bits per heavy atom. The second-order valence-corrected chi connectivity index (χ2v) is 3.57. The van der Waals surface area contributed by atoms with Crippen molar-refractivity contribution in [3.63, 3.8) is 0 Å². The largest absolute Gasteiger partial charge is 0.390 e. The Balaban J connectivity index is 2.66. The molecule has 1 heterocycles. The molecule has 1 aromatic heterocycles. The summed E-state index contributed by atoms with van der Waals surface area (Å²) < 4.78 is 37.2. The molecule has 0 saturated carbocycles. The Hall–Kier alpha value is -1.53. The molecule has 17 heavy (non-hydrogen) atoms. The standard InChI is InChI=1S/C10H14F3N3O/c1-2-6-16-7-5-15-8(9(16)17)14-4-3-10(11,12)13/h5,7H,2-4,6H2,1H3,(H,14,15). The molecule has 4 nitrogen and oxygen atoms in total. The Morgan fingerprint density at radius 1 is 1.47 bits per heavy atom. The summed E-state index contributed by atoms with van der Waals surface area (Å²) in [6.07, 6.45) is -1.54. The maximum Gasteiger partial charge on any atom is 0.390 e. The van der Waals surface area contributed by atoms with E-state index >= 15 is 0 Å². The molecule has 0 bridgehead atoms. The van der Waals surface area contributed by atoms with Gasteiger partial charge in [0.2, 0.25) is 0 Å². The van der Waals surface area contributed by atoms with Crippen LogP contribution in [-0.4, -0.2) is 22.3 Å². The summed E-state index contributed by atoms with van der Waals surface area (Å²) in [6, 6.07) is 0. The summed E-state index contributed by atoms with van der Waals surface area (Å²) in [5, 5.41) is 2.40. The van der Waals surface area contributed by atoms with Gasteiger partial charge >= 0.3 is 6.18 Å². The van der Waals surface area contributed by atoms with Gasteiger partial charge in [0.15, 0.2) is 5.82 Å². The van der Waals surface area contributed by atoms with E-state index in [1.165, 1.54) is 17.0 Å². The number of hydrogen-bond donors (Lipinski definition) is 1. The number of nitrogens with one attached hydrogen (secondary N) is 1. The zero-order valence-corrected chi connectivity index (χ0v) is 9.42. The molecule has 0 aliphatic rings. The lowest BCUT2D eigenvalue weighted by molar-refractivity contribution is -0.131. The van der Waals surface area contributed by atoms with Crippen molar-refractivity contribution in [1.82, 2.24) is 9.55 Å². The van der Waals surface area contributed by atoms with Gasteiger partial charge in [-0.1, -0.05) is 6.92 Å². The third-order valence-corrected chi connectivity index (χ3v) is 2.08. The number of aryl methyl sites for hydroxylation is 1. The van der Waals surface area contributed by atoms with E-state index in [0.29, 0.717) is 6.54 Å². The lowest BCUT2D eigenvalue weighted by Gasteiger charge is -2.09. The fourth-order valence-corrected chi connectivity index (χ4v) is 1.31. The molecule has 0 radical (unpaired) electrons. The molecule has 0 unspecified atom stereocenters. The van der Waals surface area contributed by atoms with Crippen molar-refractivity contribution in [3.05, 3.63) is 22.7 Å². The molecule has 1 N–H and O–H groups in total. The molecule has 0 aromatic carbocycles. The van der Waals surface area contributed by atoms with Crippen LogP contribution in [0, 0.1) is 0 Å². The second-order valence-electron chi connectivity index (χ2n) is 3.57. The molecular weight excluding hydrogens is 235 g/mol. The van der Waals surface area contributed by atoms with E-state index in [1.54, 1.807) is 0 Å². The van der Waals surface area contributed by atoms with Gasteiger partial charge in [0.05, 0.1) is 6.42 Å². The van der Waals surface area contributed by atoms with E-state index in [1.807, 2.05) is 6.92 Å². The first-order chi connectivity index (χ1) is 7.94. The van der Waals surface area contributed by atoms with E-state index in [-0.39, 0.29) is 12.4 Å². The number of alkyl halides is 3. The van der Waals surface area contributed by atoms with Crippen LogP contribution in [0.5, 0.6) is 0 Å². The first kappa shape index (κ1) is 13.5. The summed E-state index contributed by atoms with van der Waals surface area (Å²) in [7, 11) is 0. The summed E-state index contributed by atoms with van der Waals surface area (Å²) in [4.78, 5) is 15.4. The van der Waals surface area contributed by atoms with Crippen molar-refractivity contribution >= 4 is 5.82 Å². The Labute approximate surface area is 96.5 Å². The average Bonchev–Trinajstić information content (AvgIpc) is 2.22. The first-order valence-electron chi connectivity index (χ1n) is 5.30. The number of nitrogens with zero attached hydrogens (tertiary/aromatic N) is 2. The molecule has 96 valence electrons. The van der Waals surface area contributed by atoms with Crippen LogP contribution < -0.4 is 10.9 Å². The van der Waals surface area contributed by atoms with Crippen molar-refractivity contribution in [2.75, 3.05) is 11.9 Å². The summed E-state index contributed by atoms with van der Waals surface area (Å²) >= 11 is 0. The minimum atomic E-state index is -4.23. The minimum Gasteiger partial charge on any atom is -0.365 e. The van der Waals surface area contributed by atoms with Crippen LogP contribution >= 0.6 is 0 Å². The lowest BCUT2D eigenvalue weighted by Crippen LogP contribution is -2.25. The van der Waals surface area contributed by atoms with E-state index in [0.717, 1.165) is 6.42 Å². The van der Waals surface area contributed by atoms with Gasteiger partial charge in [0.25, 0.3) is 5.56 Å². The molecule has 0 spiro atoms. The van der Waals surface area contributed by atoms with Gasteiger partial charge in [-0.3, -0.25) is 4.79 Å². The number of rotatable bonds is 5. The molecule has 0 aliphatic heterocycles. The molecule has 0 aliphatic carbocycles. The van der Waals surface area contributed by atoms with Crippen LogP contribution in [-0.2, 0) is 6.54 Å². The van der Waals surface area contributed by atoms with Crippen molar-refractivity contribution in [3.8, 4) is 0 Å². The quantitative estimate of drug-likeness (QED) is 0.868. The van der Waals surface area contributed by atoms with Crippen LogP contribution in [0.3, 0.4) is 0 Å². The van der Waals surface area contributed by atoms with E-state index < -0.39 is 18.2 Å². The van der Waals surface area contributed by atoms with Crippen LogP contribution in [0.15, 0.2) is 17.2 Å². The highest BCUT2D eigenvalue weighted by Crippen LogP contribution is 2.18. The predicted molar refractivity (Wildman–Crippen MR) is 57.9 cm³/mol. The molecular formula is C10H14F3N3O. The van der Waals surface area contributed by atoms with Crippen molar-refractivity contribution < 1.29 is 13.2 Å². The molecule has 1 aromatic rings. The topological polar surface area (TPSA) is 46.9 Å². The van der Waals surface area contributed by atoms with Crippen LogP contribution in [0.2, 0.25) is 0 Å². The van der Waals surface area contributed by atoms with Crippen LogP contribution in [0.4, 0.5) is 19.0 Å². The van der Waals surface area contributed by atoms with Gasteiger partial charge in [-0.2, -0.15) is 13.2 Å². The molecule has 7 heteroatoms. The second kappa shape index (κ2) is 5.70. The van der Waals surface area contributed by atoms with Gasteiger partial charge in [0.1, 0.15) is 0 Å². The fraction of sp³-hybridized carbons (Fsp3) is 0.600.